The SMILES string of the molecule is C[Si](O)I. The van der Waals surface area contributed by atoms with Gasteiger partial charge in [-0.15, -0.1) is 0 Å². The second-order valence-corrected chi connectivity index (χ2v) is 6.17. The van der Waals surface area contributed by atoms with Gasteiger partial charge in [0.05, 0.1) is 0 Å². The maximum absolute atomic E-state index is 8.14. The molecule has 0 amide bonds. The third kappa shape index (κ3) is 12.9. The van der Waals surface area contributed by atoms with E-state index >= 15 is 0 Å². The molecule has 4 heavy (non-hydrogen) atoms. The van der Waals surface area contributed by atoms with Crippen LogP contribution < -0.4 is 0 Å². The highest BCUT2D eigenvalue weighted by molar-refractivity contribution is 14.1. The Balaban J connectivity index is 2.32. The van der Waals surface area contributed by atoms with Crippen molar-refractivity contribution in [3.63, 3.8) is 0 Å². The summed E-state index contributed by atoms with van der Waals surface area (Å²) in [5.74, 6) is 0. The first-order valence-corrected chi connectivity index (χ1v) is 5.97. The lowest BCUT2D eigenvalue weighted by atomic mass is 11.9. The van der Waals surface area contributed by atoms with Crippen LogP contribution in [0.25, 0.3) is 0 Å². The van der Waals surface area contributed by atoms with Crippen LogP contribution >= 0.6 is 21.8 Å². The quantitative estimate of drug-likeness (QED) is 0.333. The largest absolute Gasteiger partial charge is 0.423 e. The Labute approximate surface area is 40.0 Å². The normalized spacial score (nSPS) is 9.00. The summed E-state index contributed by atoms with van der Waals surface area (Å²) in [6.45, 7) is 0.901. The van der Waals surface area contributed by atoms with E-state index in [1.165, 1.54) is 0 Å². The molecular weight excluding hydrogens is 183 g/mol. The Morgan fingerprint density at radius 3 is 2.00 bits per heavy atom. The van der Waals surface area contributed by atoms with E-state index in [0.717, 1.165) is 0 Å². The molecule has 0 aromatic heterocycles. The van der Waals surface area contributed by atoms with Crippen LogP contribution in [0, 0.1) is 0 Å². The van der Waals surface area contributed by atoms with Crippen molar-refractivity contribution in [1.82, 2.24) is 0 Å². The van der Waals surface area contributed by atoms with Crippen LogP contribution in [-0.4, -0.2) is 11.3 Å². The molecule has 3 heteroatoms. The summed E-state index contributed by atoms with van der Waals surface area (Å²) in [4.78, 5) is 8.14. The molecule has 0 bridgehead atoms. The second kappa shape index (κ2) is 2.16. The number of halogens is 1. The van der Waals surface area contributed by atoms with Crippen molar-refractivity contribution >= 4 is 28.3 Å². The number of hydrogen-bond acceptors (Lipinski definition) is 1. The molecule has 0 saturated heterocycles. The smallest absolute Gasteiger partial charge is 0.280 e. The Hall–Kier alpha value is 0.907. The summed E-state index contributed by atoms with van der Waals surface area (Å²) in [7, 11) is 0. The van der Waals surface area contributed by atoms with Crippen molar-refractivity contribution < 1.29 is 4.80 Å². The number of rotatable bonds is 0. The van der Waals surface area contributed by atoms with Crippen molar-refractivity contribution in [2.24, 2.45) is 0 Å². The minimum atomic E-state index is -0.910. The van der Waals surface area contributed by atoms with Crippen LogP contribution in [0.4, 0.5) is 0 Å². The lowest BCUT2D eigenvalue weighted by molar-refractivity contribution is 0.606. The third-order valence-corrected chi connectivity index (χ3v) is 0. The lowest BCUT2D eigenvalue weighted by Crippen LogP contribution is -1.86. The minimum absolute atomic E-state index is 0.910. The van der Waals surface area contributed by atoms with Gasteiger partial charge in [0.25, 0.3) is 6.54 Å². The van der Waals surface area contributed by atoms with Crippen molar-refractivity contribution in [3.8, 4) is 0 Å². The van der Waals surface area contributed by atoms with Gasteiger partial charge in [0.2, 0.25) is 0 Å². The lowest BCUT2D eigenvalue weighted by Gasteiger charge is -1.71. The molecule has 0 saturated carbocycles. The molecule has 0 aliphatic carbocycles. The van der Waals surface area contributed by atoms with Crippen LogP contribution in [-0.2, 0) is 0 Å². The molecule has 0 unspecified atom stereocenters. The van der Waals surface area contributed by atoms with E-state index in [0.29, 0.717) is 0 Å². The first kappa shape index (κ1) is 4.91. The Morgan fingerprint density at radius 1 is 2.00 bits per heavy atom. The fraction of sp³-hybridized carbons (Fsp3) is 1.00. The second-order valence-electron chi connectivity index (χ2n) is 0.497. The van der Waals surface area contributed by atoms with Gasteiger partial charge < -0.3 is 4.80 Å². The molecule has 1 nitrogen and oxygen atoms in total. The highest BCUT2D eigenvalue weighted by Gasteiger charge is 1.80. The minimum Gasteiger partial charge on any atom is -0.423 e. The zero-order valence-electron chi connectivity index (χ0n) is 2.33. The van der Waals surface area contributed by atoms with E-state index in [1.807, 2.05) is 28.3 Å². The molecule has 0 heterocycles. The fourth-order valence-electron chi connectivity index (χ4n) is 0. The number of hydrogen-bond donors (Lipinski definition) is 1. The monoisotopic (exact) mass is 187 g/mol. The summed E-state index contributed by atoms with van der Waals surface area (Å²) in [5.41, 5.74) is 0. The van der Waals surface area contributed by atoms with Gasteiger partial charge in [-0.2, -0.15) is 0 Å². The van der Waals surface area contributed by atoms with Crippen LogP contribution in [0.1, 0.15) is 0 Å². The summed E-state index contributed by atoms with van der Waals surface area (Å²) < 4.78 is 0. The Morgan fingerprint density at radius 2 is 2.00 bits per heavy atom. The van der Waals surface area contributed by atoms with E-state index < -0.39 is 6.54 Å². The fourth-order valence-corrected chi connectivity index (χ4v) is 0. The molecule has 0 aliphatic heterocycles. The Kier molecular flexibility index (Phi) is 2.65. The van der Waals surface area contributed by atoms with E-state index in [9.17, 15) is 0 Å². The van der Waals surface area contributed by atoms with Crippen LogP contribution in [0.3, 0.4) is 0 Å². The molecule has 25 valence electrons. The summed E-state index contributed by atoms with van der Waals surface area (Å²) >= 11 is 2.00. The van der Waals surface area contributed by atoms with Gasteiger partial charge in [0, 0.05) is 0 Å². The van der Waals surface area contributed by atoms with E-state index in [-0.39, 0.29) is 0 Å². The predicted molar refractivity (Wildman–Crippen MR) is 27.9 cm³/mol. The molecule has 1 radical (unpaired) electrons. The first-order chi connectivity index (χ1) is 1.73. The summed E-state index contributed by atoms with van der Waals surface area (Å²) in [5, 5.41) is 0. The van der Waals surface area contributed by atoms with Gasteiger partial charge in [-0.25, -0.2) is 0 Å². The third-order valence-electron chi connectivity index (χ3n) is 0. The van der Waals surface area contributed by atoms with Crippen molar-refractivity contribution in [2.75, 3.05) is 0 Å². The standard InChI is InChI=1S/CH4IOSi/c1-4(2)3/h3H,1H3. The first-order valence-electron chi connectivity index (χ1n) is 0.913. The zero-order valence-corrected chi connectivity index (χ0v) is 5.48. The molecular formula is CH4IOSi. The summed E-state index contributed by atoms with van der Waals surface area (Å²) in [6, 6.07) is 0. The van der Waals surface area contributed by atoms with Crippen molar-refractivity contribution in [1.29, 1.82) is 0 Å². The van der Waals surface area contributed by atoms with E-state index in [2.05, 4.69) is 0 Å². The molecule has 0 atom stereocenters. The highest BCUT2D eigenvalue weighted by atomic mass is 127. The van der Waals surface area contributed by atoms with Gasteiger partial charge in [-0.3, -0.25) is 0 Å². The predicted octanol–water partition coefficient (Wildman–Crippen LogP) is 0.532. The molecule has 0 rings (SSSR count). The van der Waals surface area contributed by atoms with Crippen LogP contribution in [0.5, 0.6) is 0 Å². The molecule has 0 aliphatic rings. The maximum atomic E-state index is 8.14. The van der Waals surface area contributed by atoms with Gasteiger partial charge in [-0.1, -0.05) is 21.8 Å². The van der Waals surface area contributed by atoms with E-state index in [4.69, 9.17) is 4.80 Å². The molecule has 0 spiro atoms. The maximum Gasteiger partial charge on any atom is 0.280 e. The summed E-state index contributed by atoms with van der Waals surface area (Å²) in [6.07, 6.45) is 0. The zero-order chi connectivity index (χ0) is 3.58. The Bertz CT molecular complexity index is 12.8. The van der Waals surface area contributed by atoms with Crippen molar-refractivity contribution in [2.45, 2.75) is 6.55 Å². The molecule has 0 fully saturated rings. The van der Waals surface area contributed by atoms with Gasteiger partial charge >= 0.3 is 0 Å². The van der Waals surface area contributed by atoms with Gasteiger partial charge in [-0.05, 0) is 6.55 Å². The highest BCUT2D eigenvalue weighted by Crippen LogP contribution is 1.81. The molecule has 1 N–H and O–H groups in total. The topological polar surface area (TPSA) is 20.2 Å². The van der Waals surface area contributed by atoms with Crippen molar-refractivity contribution in [3.05, 3.63) is 0 Å². The average Bonchev–Trinajstić information content (AvgIpc) is 0.811. The van der Waals surface area contributed by atoms with Crippen LogP contribution in [0.2, 0.25) is 6.55 Å². The van der Waals surface area contributed by atoms with Gasteiger partial charge in [0.1, 0.15) is 0 Å². The molecule has 0 aromatic rings. The van der Waals surface area contributed by atoms with Crippen LogP contribution in [0.15, 0.2) is 0 Å². The van der Waals surface area contributed by atoms with E-state index in [1.54, 1.807) is 0 Å². The average molecular weight is 187 g/mol. The molecule has 0 aromatic carbocycles. The van der Waals surface area contributed by atoms with Gasteiger partial charge in [0.15, 0.2) is 0 Å².